The molecule has 1 atom stereocenters. The largest absolute Gasteiger partial charge is 0.479 e. The molecule has 0 aromatic heterocycles. The third-order valence-corrected chi connectivity index (χ3v) is 2.36. The quantitative estimate of drug-likeness (QED) is 0.677. The van der Waals surface area contributed by atoms with Gasteiger partial charge in [0.05, 0.1) is 0 Å². The topological polar surface area (TPSA) is 40.5 Å². The van der Waals surface area contributed by atoms with E-state index in [1.807, 2.05) is 18.7 Å². The molecule has 1 N–H and O–H groups in total. The SMILES string of the molecule is CC(C)N1CCC(F)(C(=O)O)C1. The summed E-state index contributed by atoms with van der Waals surface area (Å²) in [5.41, 5.74) is -2.01. The maximum absolute atomic E-state index is 13.4. The van der Waals surface area contributed by atoms with E-state index in [0.717, 1.165) is 0 Å². The van der Waals surface area contributed by atoms with Crippen LogP contribution in [0.5, 0.6) is 0 Å². The van der Waals surface area contributed by atoms with Crippen molar-refractivity contribution in [1.29, 1.82) is 0 Å². The van der Waals surface area contributed by atoms with Crippen LogP contribution in [0.4, 0.5) is 4.39 Å². The van der Waals surface area contributed by atoms with Crippen molar-refractivity contribution in [3.05, 3.63) is 0 Å². The molecule has 1 heterocycles. The average Bonchev–Trinajstić information content (AvgIpc) is 2.33. The Morgan fingerprint density at radius 1 is 1.67 bits per heavy atom. The van der Waals surface area contributed by atoms with Gasteiger partial charge in [0.15, 0.2) is 0 Å². The summed E-state index contributed by atoms with van der Waals surface area (Å²) in [5.74, 6) is -1.33. The Labute approximate surface area is 71.2 Å². The van der Waals surface area contributed by atoms with Gasteiger partial charge in [-0.15, -0.1) is 0 Å². The van der Waals surface area contributed by atoms with Crippen LogP contribution in [0.1, 0.15) is 20.3 Å². The molecule has 12 heavy (non-hydrogen) atoms. The van der Waals surface area contributed by atoms with Gasteiger partial charge in [-0.25, -0.2) is 9.18 Å². The molecule has 1 unspecified atom stereocenters. The fourth-order valence-corrected chi connectivity index (χ4v) is 1.42. The molecule has 0 aromatic rings. The van der Waals surface area contributed by atoms with Crippen LogP contribution in [0.3, 0.4) is 0 Å². The van der Waals surface area contributed by atoms with Crippen LogP contribution >= 0.6 is 0 Å². The summed E-state index contributed by atoms with van der Waals surface area (Å²) in [6, 6.07) is 0.224. The highest BCUT2D eigenvalue weighted by Crippen LogP contribution is 2.26. The summed E-state index contributed by atoms with van der Waals surface area (Å²) in [6.45, 7) is 4.45. The van der Waals surface area contributed by atoms with E-state index < -0.39 is 11.6 Å². The van der Waals surface area contributed by atoms with Crippen molar-refractivity contribution in [2.75, 3.05) is 13.1 Å². The molecule has 0 bridgehead atoms. The van der Waals surface area contributed by atoms with Crippen LogP contribution < -0.4 is 0 Å². The van der Waals surface area contributed by atoms with E-state index in [1.54, 1.807) is 0 Å². The predicted molar refractivity (Wildman–Crippen MR) is 42.8 cm³/mol. The third kappa shape index (κ3) is 1.58. The van der Waals surface area contributed by atoms with Gasteiger partial charge in [-0.1, -0.05) is 0 Å². The Morgan fingerprint density at radius 3 is 2.50 bits per heavy atom. The molecule has 1 fully saturated rings. The fourth-order valence-electron chi connectivity index (χ4n) is 1.42. The molecule has 1 saturated heterocycles. The first-order valence-electron chi connectivity index (χ1n) is 4.12. The van der Waals surface area contributed by atoms with Crippen LogP contribution in [-0.2, 0) is 4.79 Å². The zero-order valence-corrected chi connectivity index (χ0v) is 7.38. The van der Waals surface area contributed by atoms with Crippen molar-refractivity contribution in [3.63, 3.8) is 0 Å². The van der Waals surface area contributed by atoms with E-state index in [1.165, 1.54) is 0 Å². The van der Waals surface area contributed by atoms with Crippen LogP contribution in [0, 0.1) is 0 Å². The molecule has 0 spiro atoms. The molecule has 4 heteroatoms. The van der Waals surface area contributed by atoms with E-state index >= 15 is 0 Å². The lowest BCUT2D eigenvalue weighted by atomic mass is 10.1. The van der Waals surface area contributed by atoms with E-state index in [-0.39, 0.29) is 19.0 Å². The Kier molecular flexibility index (Phi) is 2.37. The van der Waals surface area contributed by atoms with Gasteiger partial charge in [-0.05, 0) is 13.8 Å². The van der Waals surface area contributed by atoms with E-state index in [9.17, 15) is 9.18 Å². The van der Waals surface area contributed by atoms with Crippen molar-refractivity contribution < 1.29 is 14.3 Å². The minimum Gasteiger partial charge on any atom is -0.479 e. The fraction of sp³-hybridized carbons (Fsp3) is 0.875. The highest BCUT2D eigenvalue weighted by atomic mass is 19.1. The average molecular weight is 175 g/mol. The lowest BCUT2D eigenvalue weighted by Crippen LogP contribution is -2.38. The molecule has 0 amide bonds. The molecule has 0 radical (unpaired) electrons. The maximum Gasteiger partial charge on any atom is 0.342 e. The molecule has 0 aromatic carbocycles. The molecule has 1 aliphatic heterocycles. The summed E-state index contributed by atoms with van der Waals surface area (Å²) in [4.78, 5) is 12.3. The van der Waals surface area contributed by atoms with Crippen molar-refractivity contribution >= 4 is 5.97 Å². The zero-order valence-electron chi connectivity index (χ0n) is 7.38. The predicted octanol–water partition coefficient (Wildman–Crippen LogP) is 0.893. The first kappa shape index (κ1) is 9.45. The summed E-state index contributed by atoms with van der Waals surface area (Å²) in [6.07, 6.45) is 0.112. The number of carboxylic acids is 1. The second-order valence-electron chi connectivity index (χ2n) is 3.58. The van der Waals surface area contributed by atoms with Gasteiger partial charge in [-0.2, -0.15) is 0 Å². The lowest BCUT2D eigenvalue weighted by molar-refractivity contribution is -0.150. The summed E-state index contributed by atoms with van der Waals surface area (Å²) in [7, 11) is 0. The number of hydrogen-bond acceptors (Lipinski definition) is 2. The van der Waals surface area contributed by atoms with Crippen LogP contribution in [0.25, 0.3) is 0 Å². The summed E-state index contributed by atoms with van der Waals surface area (Å²) < 4.78 is 13.4. The van der Waals surface area contributed by atoms with Crippen LogP contribution in [-0.4, -0.2) is 40.8 Å². The number of aliphatic carboxylic acids is 1. The normalized spacial score (nSPS) is 31.3. The number of rotatable bonds is 2. The van der Waals surface area contributed by atoms with Gasteiger partial charge in [0.2, 0.25) is 5.67 Å². The van der Waals surface area contributed by atoms with Crippen molar-refractivity contribution in [2.45, 2.75) is 32.0 Å². The van der Waals surface area contributed by atoms with Crippen molar-refractivity contribution in [2.24, 2.45) is 0 Å². The molecule has 3 nitrogen and oxygen atoms in total. The van der Waals surface area contributed by atoms with Gasteiger partial charge in [0.1, 0.15) is 0 Å². The minimum atomic E-state index is -2.01. The van der Waals surface area contributed by atoms with Crippen molar-refractivity contribution in [1.82, 2.24) is 4.90 Å². The minimum absolute atomic E-state index is 0.0278. The van der Waals surface area contributed by atoms with Gasteiger partial charge in [-0.3, -0.25) is 4.90 Å². The number of alkyl halides is 1. The first-order valence-corrected chi connectivity index (χ1v) is 4.12. The Balaban J connectivity index is 2.61. The van der Waals surface area contributed by atoms with Gasteiger partial charge >= 0.3 is 5.97 Å². The van der Waals surface area contributed by atoms with Gasteiger partial charge in [0.25, 0.3) is 0 Å². The lowest BCUT2D eigenvalue weighted by Gasteiger charge is -2.20. The maximum atomic E-state index is 13.4. The van der Waals surface area contributed by atoms with Gasteiger partial charge < -0.3 is 5.11 Å². The molecule has 70 valence electrons. The Bertz CT molecular complexity index is 195. The van der Waals surface area contributed by atoms with E-state index in [0.29, 0.717) is 6.54 Å². The number of carbonyl (C=O) groups is 1. The Hall–Kier alpha value is -0.640. The molecule has 1 aliphatic rings. The van der Waals surface area contributed by atoms with Crippen LogP contribution in [0.2, 0.25) is 0 Å². The monoisotopic (exact) mass is 175 g/mol. The summed E-state index contributed by atoms with van der Waals surface area (Å²) >= 11 is 0. The van der Waals surface area contributed by atoms with Crippen LogP contribution in [0.15, 0.2) is 0 Å². The van der Waals surface area contributed by atoms with E-state index in [2.05, 4.69) is 0 Å². The molecule has 1 rings (SSSR count). The molecular formula is C8H14FNO2. The smallest absolute Gasteiger partial charge is 0.342 e. The Morgan fingerprint density at radius 2 is 2.25 bits per heavy atom. The number of carboxylic acid groups (broad SMARTS) is 1. The first-order chi connectivity index (χ1) is 5.46. The number of halogens is 1. The van der Waals surface area contributed by atoms with Gasteiger partial charge in [0, 0.05) is 25.6 Å². The highest BCUT2D eigenvalue weighted by molar-refractivity contribution is 5.78. The molecule has 0 aliphatic carbocycles. The standard InChI is InChI=1S/C8H14FNO2/c1-6(2)10-4-3-8(9,5-10)7(11)12/h6H,3-5H2,1-2H3,(H,11,12). The third-order valence-electron chi connectivity index (χ3n) is 2.36. The highest BCUT2D eigenvalue weighted by Gasteiger charge is 2.45. The second-order valence-corrected chi connectivity index (χ2v) is 3.58. The van der Waals surface area contributed by atoms with E-state index in [4.69, 9.17) is 5.11 Å². The zero-order chi connectivity index (χ0) is 9.35. The molecular weight excluding hydrogens is 161 g/mol. The number of likely N-dealkylation sites (tertiary alicyclic amines) is 1. The number of nitrogens with zero attached hydrogens (tertiary/aromatic N) is 1. The number of hydrogen-bond donors (Lipinski definition) is 1. The second kappa shape index (κ2) is 3.01. The summed E-state index contributed by atoms with van der Waals surface area (Å²) in [5, 5.41) is 8.57. The van der Waals surface area contributed by atoms with Crippen molar-refractivity contribution in [3.8, 4) is 0 Å². The molecule has 0 saturated carbocycles.